The van der Waals surface area contributed by atoms with E-state index in [-0.39, 0.29) is 30.8 Å². The summed E-state index contributed by atoms with van der Waals surface area (Å²) in [5.41, 5.74) is 1.94. The molecule has 7 heteroatoms. The van der Waals surface area contributed by atoms with Gasteiger partial charge in [0.15, 0.2) is 0 Å². The number of nitrogens with zero attached hydrogens (tertiary/aromatic N) is 1. The third kappa shape index (κ3) is 4.23. The van der Waals surface area contributed by atoms with Gasteiger partial charge < -0.3 is 25.1 Å². The highest BCUT2D eigenvalue weighted by atomic mass is 16.3. The van der Waals surface area contributed by atoms with Crippen LogP contribution in [0.2, 0.25) is 0 Å². The Bertz CT molecular complexity index is 743. The number of carbonyl (C=O) groups excluding carboxylic acids is 2. The molecule has 1 aliphatic rings. The van der Waals surface area contributed by atoms with Crippen LogP contribution >= 0.6 is 0 Å². The Labute approximate surface area is 152 Å². The molecule has 7 nitrogen and oxygen atoms in total. The molecule has 0 aliphatic carbocycles. The summed E-state index contributed by atoms with van der Waals surface area (Å²) in [5.74, 6) is 0.440. The van der Waals surface area contributed by atoms with Gasteiger partial charge in [0.25, 0.3) is 0 Å². The normalized spacial score (nSPS) is 19.4. The number of urea groups is 1. The van der Waals surface area contributed by atoms with E-state index >= 15 is 0 Å². The number of hydrogen-bond donors (Lipinski definition) is 3. The van der Waals surface area contributed by atoms with E-state index < -0.39 is 6.10 Å². The molecule has 3 amide bonds. The lowest BCUT2D eigenvalue weighted by molar-refractivity contribution is -0.122. The van der Waals surface area contributed by atoms with Crippen molar-refractivity contribution in [3.05, 3.63) is 48.2 Å². The third-order valence-corrected chi connectivity index (χ3v) is 4.62. The number of carbonyl (C=O) groups is 2. The van der Waals surface area contributed by atoms with Crippen LogP contribution in [0.3, 0.4) is 0 Å². The summed E-state index contributed by atoms with van der Waals surface area (Å²) >= 11 is 0. The van der Waals surface area contributed by atoms with Gasteiger partial charge in [-0.25, -0.2) is 4.79 Å². The molecule has 1 aliphatic heterocycles. The van der Waals surface area contributed by atoms with Crippen LogP contribution in [0.5, 0.6) is 0 Å². The van der Waals surface area contributed by atoms with Crippen molar-refractivity contribution in [2.45, 2.75) is 19.1 Å². The number of nitrogens with one attached hydrogen (secondary N) is 2. The molecule has 1 fully saturated rings. The molecule has 0 bridgehead atoms. The van der Waals surface area contributed by atoms with Gasteiger partial charge in [-0.15, -0.1) is 0 Å². The van der Waals surface area contributed by atoms with E-state index in [4.69, 9.17) is 4.42 Å². The second kappa shape index (κ2) is 8.05. The predicted octanol–water partition coefficient (Wildman–Crippen LogP) is 1.58. The molecule has 1 aromatic heterocycles. The SMILES string of the molecule is CNC(=O)C[C@@H]1CN(C(=O)NCc2ccc(-c3ccco3)cc2)C[C@H]1O. The number of furan rings is 1. The summed E-state index contributed by atoms with van der Waals surface area (Å²) < 4.78 is 5.35. The molecule has 2 atom stereocenters. The van der Waals surface area contributed by atoms with Crippen molar-refractivity contribution in [3.8, 4) is 11.3 Å². The minimum Gasteiger partial charge on any atom is -0.464 e. The average molecular weight is 357 g/mol. The summed E-state index contributed by atoms with van der Waals surface area (Å²) in [4.78, 5) is 25.3. The standard InChI is InChI=1S/C19H23N3O4/c1-20-18(24)9-15-11-22(12-16(15)23)19(25)21-10-13-4-6-14(7-5-13)17-3-2-8-26-17/h2-8,15-16,23H,9-12H2,1H3,(H,20,24)(H,21,25)/t15-,16-/m1/s1. The third-order valence-electron chi connectivity index (χ3n) is 4.62. The zero-order chi connectivity index (χ0) is 18.5. The van der Waals surface area contributed by atoms with Crippen LogP contribution in [0.1, 0.15) is 12.0 Å². The van der Waals surface area contributed by atoms with Crippen molar-refractivity contribution in [3.63, 3.8) is 0 Å². The van der Waals surface area contributed by atoms with Crippen molar-refractivity contribution >= 4 is 11.9 Å². The van der Waals surface area contributed by atoms with Gasteiger partial charge in [0.2, 0.25) is 5.91 Å². The topological polar surface area (TPSA) is 94.8 Å². The van der Waals surface area contributed by atoms with E-state index in [0.29, 0.717) is 13.1 Å². The lowest BCUT2D eigenvalue weighted by Crippen LogP contribution is -2.38. The molecule has 1 saturated heterocycles. The molecule has 0 saturated carbocycles. The highest BCUT2D eigenvalue weighted by Crippen LogP contribution is 2.21. The van der Waals surface area contributed by atoms with E-state index in [9.17, 15) is 14.7 Å². The lowest BCUT2D eigenvalue weighted by Gasteiger charge is -2.17. The van der Waals surface area contributed by atoms with E-state index in [2.05, 4.69) is 10.6 Å². The summed E-state index contributed by atoms with van der Waals surface area (Å²) in [7, 11) is 1.56. The van der Waals surface area contributed by atoms with Gasteiger partial charge in [0, 0.05) is 44.6 Å². The maximum Gasteiger partial charge on any atom is 0.317 e. The monoisotopic (exact) mass is 357 g/mol. The number of amides is 3. The fourth-order valence-corrected chi connectivity index (χ4v) is 3.08. The fourth-order valence-electron chi connectivity index (χ4n) is 3.08. The molecule has 26 heavy (non-hydrogen) atoms. The van der Waals surface area contributed by atoms with Crippen LogP contribution in [0.4, 0.5) is 4.79 Å². The minimum absolute atomic E-state index is 0.132. The van der Waals surface area contributed by atoms with Gasteiger partial charge in [0.1, 0.15) is 5.76 Å². The molecule has 2 aromatic rings. The van der Waals surface area contributed by atoms with E-state index in [1.165, 1.54) is 0 Å². The number of rotatable bonds is 5. The summed E-state index contributed by atoms with van der Waals surface area (Å²) in [6.07, 6.45) is 1.17. The number of aliphatic hydroxyl groups excluding tert-OH is 1. The molecule has 0 unspecified atom stereocenters. The van der Waals surface area contributed by atoms with Crippen LogP contribution in [-0.2, 0) is 11.3 Å². The Balaban J connectivity index is 1.50. The van der Waals surface area contributed by atoms with Crippen molar-refractivity contribution in [2.75, 3.05) is 20.1 Å². The summed E-state index contributed by atoms with van der Waals surface area (Å²) in [5, 5.41) is 15.4. The number of hydrogen-bond acceptors (Lipinski definition) is 4. The van der Waals surface area contributed by atoms with E-state index in [1.54, 1.807) is 18.2 Å². The summed E-state index contributed by atoms with van der Waals surface area (Å²) in [6, 6.07) is 11.3. The highest BCUT2D eigenvalue weighted by molar-refractivity contribution is 5.77. The van der Waals surface area contributed by atoms with Crippen molar-refractivity contribution < 1.29 is 19.1 Å². The van der Waals surface area contributed by atoms with E-state index in [0.717, 1.165) is 16.9 Å². The molecule has 138 valence electrons. The highest BCUT2D eigenvalue weighted by Gasteiger charge is 2.34. The number of benzene rings is 1. The predicted molar refractivity (Wildman–Crippen MR) is 96.1 cm³/mol. The van der Waals surface area contributed by atoms with Crippen LogP contribution < -0.4 is 10.6 Å². The largest absolute Gasteiger partial charge is 0.464 e. The van der Waals surface area contributed by atoms with Gasteiger partial charge in [-0.05, 0) is 17.7 Å². The Morgan fingerprint density at radius 3 is 2.65 bits per heavy atom. The molecular formula is C19H23N3O4. The first-order chi connectivity index (χ1) is 12.6. The molecule has 0 spiro atoms. The quantitative estimate of drug-likeness (QED) is 0.757. The first-order valence-electron chi connectivity index (χ1n) is 8.61. The molecule has 3 N–H and O–H groups in total. The Morgan fingerprint density at radius 1 is 1.23 bits per heavy atom. The zero-order valence-electron chi connectivity index (χ0n) is 14.6. The smallest absolute Gasteiger partial charge is 0.317 e. The molecule has 0 radical (unpaired) electrons. The van der Waals surface area contributed by atoms with Crippen LogP contribution in [0.15, 0.2) is 47.1 Å². The molecule has 2 heterocycles. The first-order valence-corrected chi connectivity index (χ1v) is 8.61. The maximum absolute atomic E-state index is 12.3. The molecule has 3 rings (SSSR count). The summed E-state index contributed by atoms with van der Waals surface area (Å²) in [6.45, 7) is 1.01. The van der Waals surface area contributed by atoms with Crippen LogP contribution in [0.25, 0.3) is 11.3 Å². The second-order valence-corrected chi connectivity index (χ2v) is 6.44. The fraction of sp³-hybridized carbons (Fsp3) is 0.368. The Morgan fingerprint density at radius 2 is 2.00 bits per heavy atom. The first kappa shape index (κ1) is 18.0. The maximum atomic E-state index is 12.3. The number of likely N-dealkylation sites (tertiary alicyclic amines) is 1. The van der Waals surface area contributed by atoms with E-state index in [1.807, 2.05) is 36.4 Å². The van der Waals surface area contributed by atoms with Crippen LogP contribution in [-0.4, -0.2) is 48.2 Å². The van der Waals surface area contributed by atoms with Crippen LogP contribution in [0, 0.1) is 5.92 Å². The number of β-amino-alcohol motifs (C(OH)–C–C–N with tert-alkyl or cyclic N) is 1. The van der Waals surface area contributed by atoms with Crippen molar-refractivity contribution in [2.24, 2.45) is 5.92 Å². The molecular weight excluding hydrogens is 334 g/mol. The van der Waals surface area contributed by atoms with Gasteiger partial charge in [-0.1, -0.05) is 24.3 Å². The Hall–Kier alpha value is -2.80. The minimum atomic E-state index is -0.675. The van der Waals surface area contributed by atoms with Gasteiger partial charge in [-0.2, -0.15) is 0 Å². The Kier molecular flexibility index (Phi) is 5.58. The van der Waals surface area contributed by atoms with Gasteiger partial charge in [0.05, 0.1) is 12.4 Å². The average Bonchev–Trinajstić information content (AvgIpc) is 3.31. The van der Waals surface area contributed by atoms with Gasteiger partial charge in [-0.3, -0.25) is 4.79 Å². The second-order valence-electron chi connectivity index (χ2n) is 6.44. The zero-order valence-corrected chi connectivity index (χ0v) is 14.6. The number of aliphatic hydroxyl groups is 1. The molecule has 1 aromatic carbocycles. The van der Waals surface area contributed by atoms with Crippen molar-refractivity contribution in [1.82, 2.24) is 15.5 Å². The van der Waals surface area contributed by atoms with Gasteiger partial charge >= 0.3 is 6.03 Å². The lowest BCUT2D eigenvalue weighted by atomic mass is 10.0. The van der Waals surface area contributed by atoms with Crippen molar-refractivity contribution in [1.29, 1.82) is 0 Å².